The maximum absolute atomic E-state index is 13.5. The minimum Gasteiger partial charge on any atom is -0.324 e. The molecule has 0 aromatic heterocycles. The SMILES string of the molecule is CNC(c1cc(F)ccc1F)C(C)(C)N. The van der Waals surface area contributed by atoms with E-state index in [0.717, 1.165) is 12.1 Å². The van der Waals surface area contributed by atoms with Gasteiger partial charge in [-0.1, -0.05) is 0 Å². The van der Waals surface area contributed by atoms with Gasteiger partial charge in [-0.2, -0.15) is 0 Å². The van der Waals surface area contributed by atoms with Gasteiger partial charge in [-0.05, 0) is 39.1 Å². The van der Waals surface area contributed by atoms with E-state index in [2.05, 4.69) is 5.32 Å². The first-order chi connectivity index (χ1) is 6.86. The molecule has 0 saturated carbocycles. The van der Waals surface area contributed by atoms with Crippen LogP contribution in [0.3, 0.4) is 0 Å². The average Bonchev–Trinajstić information content (AvgIpc) is 2.10. The Morgan fingerprint density at radius 3 is 2.40 bits per heavy atom. The zero-order valence-corrected chi connectivity index (χ0v) is 9.14. The van der Waals surface area contributed by atoms with Crippen LogP contribution >= 0.6 is 0 Å². The highest BCUT2D eigenvalue weighted by Gasteiger charge is 2.27. The number of benzene rings is 1. The molecule has 0 aliphatic carbocycles. The van der Waals surface area contributed by atoms with Crippen LogP contribution < -0.4 is 11.1 Å². The maximum atomic E-state index is 13.5. The standard InChI is InChI=1S/C11H16F2N2/c1-11(2,14)10(15-3)8-6-7(12)4-5-9(8)13/h4-6,10,15H,14H2,1-3H3. The van der Waals surface area contributed by atoms with Gasteiger partial charge in [0.15, 0.2) is 0 Å². The van der Waals surface area contributed by atoms with Crippen molar-refractivity contribution in [2.45, 2.75) is 25.4 Å². The van der Waals surface area contributed by atoms with Crippen LogP contribution in [0, 0.1) is 11.6 Å². The van der Waals surface area contributed by atoms with Gasteiger partial charge in [-0.15, -0.1) is 0 Å². The Balaban J connectivity index is 3.18. The van der Waals surface area contributed by atoms with Crippen LogP contribution in [0.1, 0.15) is 25.5 Å². The molecule has 1 atom stereocenters. The van der Waals surface area contributed by atoms with E-state index >= 15 is 0 Å². The number of rotatable bonds is 3. The lowest BCUT2D eigenvalue weighted by Crippen LogP contribution is -2.45. The molecule has 0 fully saturated rings. The molecule has 0 aliphatic heterocycles. The van der Waals surface area contributed by atoms with Crippen LogP contribution in [0.2, 0.25) is 0 Å². The van der Waals surface area contributed by atoms with Gasteiger partial charge in [0.25, 0.3) is 0 Å². The summed E-state index contributed by atoms with van der Waals surface area (Å²) in [6.45, 7) is 3.52. The third kappa shape index (κ3) is 2.73. The van der Waals surface area contributed by atoms with Crippen molar-refractivity contribution < 1.29 is 8.78 Å². The van der Waals surface area contributed by atoms with E-state index < -0.39 is 23.2 Å². The molecule has 0 saturated heterocycles. The quantitative estimate of drug-likeness (QED) is 0.807. The summed E-state index contributed by atoms with van der Waals surface area (Å²) in [5.74, 6) is -0.912. The van der Waals surface area contributed by atoms with E-state index in [9.17, 15) is 8.78 Å². The number of nitrogens with one attached hydrogen (secondary N) is 1. The number of hydrogen-bond donors (Lipinski definition) is 2. The molecule has 2 nitrogen and oxygen atoms in total. The molecule has 15 heavy (non-hydrogen) atoms. The molecule has 1 aromatic rings. The topological polar surface area (TPSA) is 38.0 Å². The van der Waals surface area contributed by atoms with Crippen molar-refractivity contribution in [2.75, 3.05) is 7.05 Å². The van der Waals surface area contributed by atoms with Gasteiger partial charge in [-0.25, -0.2) is 8.78 Å². The highest BCUT2D eigenvalue weighted by atomic mass is 19.1. The fourth-order valence-electron chi connectivity index (χ4n) is 1.66. The van der Waals surface area contributed by atoms with Crippen molar-refractivity contribution in [3.63, 3.8) is 0 Å². The van der Waals surface area contributed by atoms with Crippen molar-refractivity contribution in [1.29, 1.82) is 0 Å². The minimum atomic E-state index is -0.663. The Hall–Kier alpha value is -1.00. The summed E-state index contributed by atoms with van der Waals surface area (Å²) in [6.07, 6.45) is 0. The highest BCUT2D eigenvalue weighted by molar-refractivity contribution is 5.25. The second-order valence-corrected chi connectivity index (χ2v) is 4.21. The molecule has 0 heterocycles. The van der Waals surface area contributed by atoms with E-state index in [0.29, 0.717) is 0 Å². The van der Waals surface area contributed by atoms with Crippen LogP contribution in [-0.2, 0) is 0 Å². The summed E-state index contributed by atoms with van der Waals surface area (Å²) in [6, 6.07) is 2.95. The third-order valence-corrected chi connectivity index (χ3v) is 2.30. The lowest BCUT2D eigenvalue weighted by atomic mass is 9.89. The van der Waals surface area contributed by atoms with Crippen molar-refractivity contribution >= 4 is 0 Å². The van der Waals surface area contributed by atoms with Crippen LogP contribution in [0.4, 0.5) is 8.78 Å². The van der Waals surface area contributed by atoms with Gasteiger partial charge in [0, 0.05) is 11.1 Å². The van der Waals surface area contributed by atoms with E-state index in [1.807, 2.05) is 0 Å². The van der Waals surface area contributed by atoms with Crippen LogP contribution in [-0.4, -0.2) is 12.6 Å². The lowest BCUT2D eigenvalue weighted by molar-refractivity contribution is 0.358. The molecule has 0 aliphatic rings. The van der Waals surface area contributed by atoms with Crippen molar-refractivity contribution in [2.24, 2.45) is 5.73 Å². The zero-order chi connectivity index (χ0) is 11.6. The second-order valence-electron chi connectivity index (χ2n) is 4.21. The molecule has 3 N–H and O–H groups in total. The summed E-state index contributed by atoms with van der Waals surface area (Å²) in [5.41, 5.74) is 5.48. The largest absolute Gasteiger partial charge is 0.324 e. The summed E-state index contributed by atoms with van der Waals surface area (Å²) in [7, 11) is 1.67. The average molecular weight is 214 g/mol. The second kappa shape index (κ2) is 4.24. The number of nitrogens with two attached hydrogens (primary N) is 1. The number of halogens is 2. The Labute approximate surface area is 88.5 Å². The normalized spacial score (nSPS) is 14.0. The van der Waals surface area contributed by atoms with E-state index in [4.69, 9.17) is 5.73 Å². The summed E-state index contributed by atoms with van der Waals surface area (Å²) in [4.78, 5) is 0. The van der Waals surface area contributed by atoms with E-state index in [1.165, 1.54) is 6.07 Å². The van der Waals surface area contributed by atoms with Gasteiger partial charge in [-0.3, -0.25) is 0 Å². The van der Waals surface area contributed by atoms with Crippen LogP contribution in [0.25, 0.3) is 0 Å². The smallest absolute Gasteiger partial charge is 0.128 e. The van der Waals surface area contributed by atoms with Crippen molar-refractivity contribution in [3.8, 4) is 0 Å². The summed E-state index contributed by atoms with van der Waals surface area (Å²) >= 11 is 0. The van der Waals surface area contributed by atoms with Crippen molar-refractivity contribution in [1.82, 2.24) is 5.32 Å². The first kappa shape index (κ1) is 12.1. The van der Waals surface area contributed by atoms with Crippen molar-refractivity contribution in [3.05, 3.63) is 35.4 Å². The fourth-order valence-corrected chi connectivity index (χ4v) is 1.66. The molecule has 84 valence electrons. The molecule has 0 amide bonds. The predicted octanol–water partition coefficient (Wildman–Crippen LogP) is 1.96. The molecule has 0 bridgehead atoms. The zero-order valence-electron chi connectivity index (χ0n) is 9.14. The molecular weight excluding hydrogens is 198 g/mol. The first-order valence-electron chi connectivity index (χ1n) is 4.77. The molecule has 1 rings (SSSR count). The van der Waals surface area contributed by atoms with Crippen LogP contribution in [0.15, 0.2) is 18.2 Å². The molecule has 0 spiro atoms. The van der Waals surface area contributed by atoms with Gasteiger partial charge in [0.05, 0.1) is 6.04 Å². The monoisotopic (exact) mass is 214 g/mol. The maximum Gasteiger partial charge on any atom is 0.128 e. The van der Waals surface area contributed by atoms with Crippen LogP contribution in [0.5, 0.6) is 0 Å². The Kier molecular flexibility index (Phi) is 3.42. The number of likely N-dealkylation sites (N-methyl/N-ethyl adjacent to an activating group) is 1. The third-order valence-electron chi connectivity index (χ3n) is 2.30. The fraction of sp³-hybridized carbons (Fsp3) is 0.455. The molecule has 0 radical (unpaired) electrons. The Morgan fingerprint density at radius 1 is 1.33 bits per heavy atom. The van der Waals surface area contributed by atoms with Gasteiger partial charge < -0.3 is 11.1 Å². The van der Waals surface area contributed by atoms with E-state index in [1.54, 1.807) is 20.9 Å². The van der Waals surface area contributed by atoms with E-state index in [-0.39, 0.29) is 5.56 Å². The molecule has 4 heteroatoms. The van der Waals surface area contributed by atoms with Gasteiger partial charge in [0.1, 0.15) is 11.6 Å². The summed E-state index contributed by atoms with van der Waals surface area (Å²) in [5, 5.41) is 2.89. The minimum absolute atomic E-state index is 0.255. The molecule has 1 aromatic carbocycles. The van der Waals surface area contributed by atoms with Gasteiger partial charge in [0.2, 0.25) is 0 Å². The molecular formula is C11H16F2N2. The number of hydrogen-bond acceptors (Lipinski definition) is 2. The lowest BCUT2D eigenvalue weighted by Gasteiger charge is -2.30. The Morgan fingerprint density at radius 2 is 1.93 bits per heavy atom. The predicted molar refractivity (Wildman–Crippen MR) is 56.4 cm³/mol. The summed E-state index contributed by atoms with van der Waals surface area (Å²) < 4.78 is 26.5. The Bertz CT molecular complexity index is 345. The molecule has 1 unspecified atom stereocenters. The van der Waals surface area contributed by atoms with Gasteiger partial charge >= 0.3 is 0 Å². The first-order valence-corrected chi connectivity index (χ1v) is 4.77. The highest BCUT2D eigenvalue weighted by Crippen LogP contribution is 2.25.